The van der Waals surface area contributed by atoms with E-state index in [0.717, 1.165) is 9.87 Å². The molecule has 0 aliphatic carbocycles. The maximum absolute atomic E-state index is 13.6. The Morgan fingerprint density at radius 2 is 1.70 bits per heavy atom. The van der Waals surface area contributed by atoms with Crippen molar-refractivity contribution in [3.05, 3.63) is 76.8 Å². The molecule has 174 valence electrons. The van der Waals surface area contributed by atoms with Gasteiger partial charge in [-0.15, -0.1) is 0 Å². The van der Waals surface area contributed by atoms with Gasteiger partial charge in [-0.25, -0.2) is 8.42 Å². The van der Waals surface area contributed by atoms with Crippen LogP contribution in [0, 0.1) is 13.8 Å². The zero-order valence-electron chi connectivity index (χ0n) is 18.8. The van der Waals surface area contributed by atoms with Gasteiger partial charge >= 0.3 is 0 Å². The van der Waals surface area contributed by atoms with Crippen molar-refractivity contribution in [2.75, 3.05) is 30.4 Å². The van der Waals surface area contributed by atoms with E-state index in [2.05, 4.69) is 5.32 Å². The lowest BCUT2D eigenvalue weighted by molar-refractivity contribution is -0.114. The minimum atomic E-state index is -4.06. The van der Waals surface area contributed by atoms with Crippen molar-refractivity contribution in [1.29, 1.82) is 0 Å². The van der Waals surface area contributed by atoms with E-state index in [-0.39, 0.29) is 4.90 Å². The van der Waals surface area contributed by atoms with Gasteiger partial charge in [0, 0.05) is 11.1 Å². The van der Waals surface area contributed by atoms with Crippen LogP contribution >= 0.6 is 11.6 Å². The number of sulfonamides is 1. The number of nitrogens with one attached hydrogen (secondary N) is 1. The number of halogens is 1. The van der Waals surface area contributed by atoms with E-state index >= 15 is 0 Å². The highest BCUT2D eigenvalue weighted by Gasteiger charge is 2.29. The molecule has 0 atom stereocenters. The third-order valence-corrected chi connectivity index (χ3v) is 7.27. The van der Waals surface area contributed by atoms with E-state index in [1.165, 1.54) is 26.4 Å². The van der Waals surface area contributed by atoms with E-state index in [1.54, 1.807) is 55.5 Å². The van der Waals surface area contributed by atoms with Gasteiger partial charge in [0.25, 0.3) is 10.0 Å². The topological polar surface area (TPSA) is 84.9 Å². The fraction of sp³-hybridized carbons (Fsp3) is 0.208. The molecule has 0 aromatic heterocycles. The van der Waals surface area contributed by atoms with Crippen LogP contribution in [0.25, 0.3) is 0 Å². The molecule has 33 heavy (non-hydrogen) atoms. The lowest BCUT2D eigenvalue weighted by Crippen LogP contribution is -2.38. The van der Waals surface area contributed by atoms with Crippen LogP contribution in [0.1, 0.15) is 11.1 Å². The molecule has 0 radical (unpaired) electrons. The number of anilines is 2. The Morgan fingerprint density at radius 1 is 1.00 bits per heavy atom. The number of benzene rings is 3. The number of rotatable bonds is 8. The van der Waals surface area contributed by atoms with Crippen molar-refractivity contribution in [3.63, 3.8) is 0 Å². The monoisotopic (exact) mass is 488 g/mol. The van der Waals surface area contributed by atoms with Crippen LogP contribution in [0.15, 0.2) is 65.6 Å². The van der Waals surface area contributed by atoms with Gasteiger partial charge in [0.1, 0.15) is 18.0 Å². The smallest absolute Gasteiger partial charge is 0.264 e. The number of carbonyl (C=O) groups is 1. The highest BCUT2D eigenvalue weighted by Crippen LogP contribution is 2.32. The quantitative estimate of drug-likeness (QED) is 0.492. The number of aryl methyl sites for hydroxylation is 1. The Hall–Kier alpha value is -3.23. The van der Waals surface area contributed by atoms with E-state index in [9.17, 15) is 13.2 Å². The van der Waals surface area contributed by atoms with E-state index in [0.29, 0.717) is 33.5 Å². The van der Waals surface area contributed by atoms with Crippen LogP contribution < -0.4 is 19.1 Å². The first-order chi connectivity index (χ1) is 15.7. The maximum atomic E-state index is 13.6. The summed E-state index contributed by atoms with van der Waals surface area (Å²) >= 11 is 6.26. The summed E-state index contributed by atoms with van der Waals surface area (Å²) in [4.78, 5) is 13.1. The van der Waals surface area contributed by atoms with Crippen molar-refractivity contribution in [2.24, 2.45) is 0 Å². The fourth-order valence-electron chi connectivity index (χ4n) is 3.23. The van der Waals surface area contributed by atoms with Gasteiger partial charge in [-0.3, -0.25) is 9.10 Å². The van der Waals surface area contributed by atoms with Gasteiger partial charge in [-0.1, -0.05) is 35.4 Å². The molecular weight excluding hydrogens is 464 g/mol. The second-order valence-corrected chi connectivity index (χ2v) is 9.59. The summed E-state index contributed by atoms with van der Waals surface area (Å²) in [5.74, 6) is 0.395. The lowest BCUT2D eigenvalue weighted by Gasteiger charge is -2.26. The Labute approximate surface area is 198 Å². The summed E-state index contributed by atoms with van der Waals surface area (Å²) in [6.07, 6.45) is 0. The van der Waals surface area contributed by atoms with Crippen molar-refractivity contribution < 1.29 is 22.7 Å². The first kappa shape index (κ1) is 24.4. The summed E-state index contributed by atoms with van der Waals surface area (Å²) in [5.41, 5.74) is 2.17. The molecule has 0 spiro atoms. The molecule has 0 unspecified atom stereocenters. The second kappa shape index (κ2) is 10.1. The summed E-state index contributed by atoms with van der Waals surface area (Å²) in [5, 5.41) is 3.12. The molecule has 9 heteroatoms. The first-order valence-corrected chi connectivity index (χ1v) is 11.9. The van der Waals surface area contributed by atoms with Gasteiger partial charge in [0.15, 0.2) is 0 Å². The molecule has 0 saturated heterocycles. The summed E-state index contributed by atoms with van der Waals surface area (Å²) in [7, 11) is -1.07. The van der Waals surface area contributed by atoms with E-state index in [1.807, 2.05) is 6.92 Å². The third-order valence-electron chi connectivity index (χ3n) is 5.09. The zero-order chi connectivity index (χ0) is 24.2. The zero-order valence-corrected chi connectivity index (χ0v) is 20.3. The van der Waals surface area contributed by atoms with Crippen molar-refractivity contribution in [2.45, 2.75) is 18.7 Å². The average molecular weight is 489 g/mol. The Morgan fingerprint density at radius 3 is 2.33 bits per heavy atom. The number of amides is 1. The minimum absolute atomic E-state index is 0.0716. The Kier molecular flexibility index (Phi) is 7.50. The maximum Gasteiger partial charge on any atom is 0.264 e. The standard InChI is InChI=1S/C24H25ClN2O5S/c1-16-8-11-19(12-9-16)33(29,30)27(22-7-5-6-20(25)17(22)2)15-24(28)26-21-13-10-18(31-3)14-23(21)32-4/h5-14H,15H2,1-4H3,(H,26,28). The van der Waals surface area contributed by atoms with Crippen LogP contribution in [-0.2, 0) is 14.8 Å². The largest absolute Gasteiger partial charge is 0.497 e. The summed E-state index contributed by atoms with van der Waals surface area (Å²) in [6.45, 7) is 3.11. The molecule has 0 aliphatic rings. The fourth-order valence-corrected chi connectivity index (χ4v) is 4.87. The molecule has 0 heterocycles. The molecule has 3 aromatic carbocycles. The molecule has 1 N–H and O–H groups in total. The molecule has 0 fully saturated rings. The highest BCUT2D eigenvalue weighted by atomic mass is 35.5. The van der Waals surface area contributed by atoms with Crippen molar-refractivity contribution >= 4 is 38.9 Å². The molecule has 0 bridgehead atoms. The van der Waals surface area contributed by atoms with Crippen molar-refractivity contribution in [3.8, 4) is 11.5 Å². The van der Waals surface area contributed by atoms with Crippen LogP contribution in [0.4, 0.5) is 11.4 Å². The first-order valence-electron chi connectivity index (χ1n) is 10.0. The SMILES string of the molecule is COc1ccc(NC(=O)CN(c2cccc(Cl)c2C)S(=O)(=O)c2ccc(C)cc2)c(OC)c1. The molecule has 1 amide bonds. The average Bonchev–Trinajstić information content (AvgIpc) is 2.80. The van der Waals surface area contributed by atoms with Gasteiger partial charge in [-0.05, 0) is 55.8 Å². The van der Waals surface area contributed by atoms with Gasteiger partial charge in [0.2, 0.25) is 5.91 Å². The lowest BCUT2D eigenvalue weighted by atomic mass is 10.2. The molecule has 3 rings (SSSR count). The van der Waals surface area contributed by atoms with Crippen LogP contribution in [-0.4, -0.2) is 35.1 Å². The van der Waals surface area contributed by atoms with E-state index in [4.69, 9.17) is 21.1 Å². The predicted octanol–water partition coefficient (Wildman–Crippen LogP) is 4.81. The predicted molar refractivity (Wildman–Crippen MR) is 130 cm³/mol. The third kappa shape index (κ3) is 5.40. The number of ether oxygens (including phenoxy) is 2. The number of methoxy groups -OCH3 is 2. The van der Waals surface area contributed by atoms with E-state index < -0.39 is 22.5 Å². The number of hydrogen-bond donors (Lipinski definition) is 1. The Bertz CT molecular complexity index is 1260. The number of nitrogens with zero attached hydrogens (tertiary/aromatic N) is 1. The number of hydrogen-bond acceptors (Lipinski definition) is 5. The summed E-state index contributed by atoms with van der Waals surface area (Å²) < 4.78 is 38.7. The van der Waals surface area contributed by atoms with Gasteiger partial charge in [-0.2, -0.15) is 0 Å². The highest BCUT2D eigenvalue weighted by molar-refractivity contribution is 7.92. The van der Waals surface area contributed by atoms with Gasteiger partial charge in [0.05, 0.1) is 30.5 Å². The molecule has 3 aromatic rings. The molecule has 7 nitrogen and oxygen atoms in total. The van der Waals surface area contributed by atoms with Gasteiger partial charge < -0.3 is 14.8 Å². The van der Waals surface area contributed by atoms with Crippen molar-refractivity contribution in [1.82, 2.24) is 0 Å². The van der Waals surface area contributed by atoms with Crippen LogP contribution in [0.5, 0.6) is 11.5 Å². The molecule has 0 aliphatic heterocycles. The Balaban J connectivity index is 1.99. The van der Waals surface area contributed by atoms with Crippen LogP contribution in [0.2, 0.25) is 5.02 Å². The minimum Gasteiger partial charge on any atom is -0.497 e. The molecular formula is C24H25ClN2O5S. The normalized spacial score (nSPS) is 11.1. The van der Waals surface area contributed by atoms with Crippen LogP contribution in [0.3, 0.4) is 0 Å². The number of carbonyl (C=O) groups excluding carboxylic acids is 1. The summed E-state index contributed by atoms with van der Waals surface area (Å²) in [6, 6.07) is 16.3. The molecule has 0 saturated carbocycles. The second-order valence-electron chi connectivity index (χ2n) is 7.32.